The predicted molar refractivity (Wildman–Crippen MR) is 68.2 cm³/mol. The van der Waals surface area contributed by atoms with Crippen molar-refractivity contribution in [3.8, 4) is 0 Å². The Kier molecular flexibility index (Phi) is 4.40. The van der Waals surface area contributed by atoms with E-state index >= 15 is 0 Å². The van der Waals surface area contributed by atoms with Crippen LogP contribution in [-0.4, -0.2) is 30.5 Å². The zero-order chi connectivity index (χ0) is 12.3. The van der Waals surface area contributed by atoms with Crippen LogP contribution in [-0.2, 0) is 4.74 Å². The van der Waals surface area contributed by atoms with Crippen molar-refractivity contribution in [2.75, 3.05) is 13.2 Å². The van der Waals surface area contributed by atoms with E-state index in [1.54, 1.807) is 0 Å². The van der Waals surface area contributed by atoms with Crippen LogP contribution < -0.4 is 5.32 Å². The average molecular weight is 256 g/mol. The van der Waals surface area contributed by atoms with Gasteiger partial charge in [0, 0.05) is 17.7 Å². The standard InChI is InChI=1S/C13H18ClNO2/c1-9-12(6-7-17-9)15-13(8-16)10-2-4-11(14)5-3-10/h2-5,9,12-13,15-16H,6-8H2,1H3. The van der Waals surface area contributed by atoms with Gasteiger partial charge < -0.3 is 15.2 Å². The lowest BCUT2D eigenvalue weighted by atomic mass is 10.0. The maximum absolute atomic E-state index is 9.46. The van der Waals surface area contributed by atoms with Crippen LogP contribution in [0.1, 0.15) is 24.9 Å². The van der Waals surface area contributed by atoms with Crippen molar-refractivity contribution in [3.63, 3.8) is 0 Å². The average Bonchev–Trinajstić information content (AvgIpc) is 2.73. The Hall–Kier alpha value is -0.610. The Morgan fingerprint density at radius 2 is 2.18 bits per heavy atom. The summed E-state index contributed by atoms with van der Waals surface area (Å²) in [6, 6.07) is 7.82. The highest BCUT2D eigenvalue weighted by molar-refractivity contribution is 6.30. The molecule has 2 rings (SSSR count). The second-order valence-electron chi connectivity index (χ2n) is 4.42. The molecule has 1 aromatic rings. The van der Waals surface area contributed by atoms with E-state index in [1.807, 2.05) is 24.3 Å². The van der Waals surface area contributed by atoms with Crippen molar-refractivity contribution in [2.45, 2.75) is 31.5 Å². The molecule has 4 heteroatoms. The molecule has 1 aliphatic rings. The molecule has 0 aliphatic carbocycles. The molecule has 0 saturated carbocycles. The molecular formula is C13H18ClNO2. The summed E-state index contributed by atoms with van der Waals surface area (Å²) in [5, 5.41) is 13.6. The van der Waals surface area contributed by atoms with Gasteiger partial charge in [-0.3, -0.25) is 0 Å². The fourth-order valence-electron chi connectivity index (χ4n) is 2.16. The van der Waals surface area contributed by atoms with Gasteiger partial charge in [-0.1, -0.05) is 23.7 Å². The summed E-state index contributed by atoms with van der Waals surface area (Å²) in [5.74, 6) is 0. The van der Waals surface area contributed by atoms with Gasteiger partial charge >= 0.3 is 0 Å². The minimum absolute atomic E-state index is 0.0542. The van der Waals surface area contributed by atoms with Gasteiger partial charge in [-0.15, -0.1) is 0 Å². The Labute approximate surface area is 107 Å². The minimum atomic E-state index is -0.0542. The van der Waals surface area contributed by atoms with E-state index in [1.165, 1.54) is 0 Å². The molecule has 1 fully saturated rings. The minimum Gasteiger partial charge on any atom is -0.394 e. The van der Waals surface area contributed by atoms with E-state index in [4.69, 9.17) is 16.3 Å². The zero-order valence-electron chi connectivity index (χ0n) is 9.90. The molecule has 0 spiro atoms. The van der Waals surface area contributed by atoms with Crippen LogP contribution in [0.2, 0.25) is 5.02 Å². The second-order valence-corrected chi connectivity index (χ2v) is 4.86. The number of benzene rings is 1. The molecule has 17 heavy (non-hydrogen) atoms. The van der Waals surface area contributed by atoms with Crippen LogP contribution in [0.15, 0.2) is 24.3 Å². The normalized spacial score (nSPS) is 26.1. The molecular weight excluding hydrogens is 238 g/mol. The first-order valence-electron chi connectivity index (χ1n) is 5.94. The summed E-state index contributed by atoms with van der Waals surface area (Å²) in [4.78, 5) is 0. The van der Waals surface area contributed by atoms with E-state index < -0.39 is 0 Å². The molecule has 3 nitrogen and oxygen atoms in total. The van der Waals surface area contributed by atoms with Gasteiger partial charge in [-0.2, -0.15) is 0 Å². The first-order valence-corrected chi connectivity index (χ1v) is 6.32. The van der Waals surface area contributed by atoms with Gasteiger partial charge in [0.25, 0.3) is 0 Å². The number of hydrogen-bond donors (Lipinski definition) is 2. The monoisotopic (exact) mass is 255 g/mol. The molecule has 0 bridgehead atoms. The molecule has 1 saturated heterocycles. The number of rotatable bonds is 4. The van der Waals surface area contributed by atoms with Gasteiger partial charge in [0.2, 0.25) is 0 Å². The largest absolute Gasteiger partial charge is 0.394 e. The molecule has 94 valence electrons. The molecule has 3 atom stereocenters. The number of nitrogens with one attached hydrogen (secondary N) is 1. The number of aliphatic hydroxyl groups is 1. The maximum atomic E-state index is 9.46. The first-order chi connectivity index (χ1) is 8.20. The van der Waals surface area contributed by atoms with Gasteiger partial charge in [0.15, 0.2) is 0 Å². The van der Waals surface area contributed by atoms with Crippen molar-refractivity contribution in [1.82, 2.24) is 5.32 Å². The summed E-state index contributed by atoms with van der Waals surface area (Å²) in [6.45, 7) is 2.92. The quantitative estimate of drug-likeness (QED) is 0.866. The van der Waals surface area contributed by atoms with E-state index in [9.17, 15) is 5.11 Å². The van der Waals surface area contributed by atoms with E-state index in [2.05, 4.69) is 12.2 Å². The summed E-state index contributed by atoms with van der Waals surface area (Å²) in [6.07, 6.45) is 1.20. The van der Waals surface area contributed by atoms with Crippen LogP contribution in [0, 0.1) is 0 Å². The molecule has 0 radical (unpaired) electrons. The van der Waals surface area contributed by atoms with Gasteiger partial charge in [0.05, 0.1) is 18.8 Å². The molecule has 2 N–H and O–H groups in total. The van der Waals surface area contributed by atoms with Crippen molar-refractivity contribution in [1.29, 1.82) is 0 Å². The van der Waals surface area contributed by atoms with Gasteiger partial charge in [-0.25, -0.2) is 0 Å². The lowest BCUT2D eigenvalue weighted by molar-refractivity contribution is 0.107. The molecule has 1 heterocycles. The Morgan fingerprint density at radius 3 is 2.71 bits per heavy atom. The topological polar surface area (TPSA) is 41.5 Å². The van der Waals surface area contributed by atoms with Crippen molar-refractivity contribution >= 4 is 11.6 Å². The Bertz CT molecular complexity index is 355. The lowest BCUT2D eigenvalue weighted by Gasteiger charge is -2.23. The highest BCUT2D eigenvalue weighted by Gasteiger charge is 2.26. The Balaban J connectivity index is 2.03. The zero-order valence-corrected chi connectivity index (χ0v) is 10.7. The molecule has 3 unspecified atom stereocenters. The predicted octanol–water partition coefficient (Wildman–Crippen LogP) is 2.14. The van der Waals surface area contributed by atoms with Crippen LogP contribution in [0.4, 0.5) is 0 Å². The fourth-order valence-corrected chi connectivity index (χ4v) is 2.28. The van der Waals surface area contributed by atoms with Crippen LogP contribution in [0.3, 0.4) is 0 Å². The highest BCUT2D eigenvalue weighted by Crippen LogP contribution is 2.20. The summed E-state index contributed by atoms with van der Waals surface area (Å²) >= 11 is 5.85. The third-order valence-corrected chi connectivity index (χ3v) is 3.50. The highest BCUT2D eigenvalue weighted by atomic mass is 35.5. The van der Waals surface area contributed by atoms with Crippen LogP contribution >= 0.6 is 11.6 Å². The van der Waals surface area contributed by atoms with Crippen molar-refractivity contribution in [3.05, 3.63) is 34.9 Å². The Morgan fingerprint density at radius 1 is 1.47 bits per heavy atom. The molecule has 1 aliphatic heterocycles. The van der Waals surface area contributed by atoms with Crippen molar-refractivity contribution < 1.29 is 9.84 Å². The van der Waals surface area contributed by atoms with E-state index in [-0.39, 0.29) is 18.8 Å². The van der Waals surface area contributed by atoms with Gasteiger partial charge in [0.1, 0.15) is 0 Å². The smallest absolute Gasteiger partial charge is 0.0700 e. The second kappa shape index (κ2) is 5.83. The summed E-state index contributed by atoms with van der Waals surface area (Å²) in [7, 11) is 0. The number of ether oxygens (including phenoxy) is 1. The van der Waals surface area contributed by atoms with Crippen LogP contribution in [0.25, 0.3) is 0 Å². The number of aliphatic hydroxyl groups excluding tert-OH is 1. The van der Waals surface area contributed by atoms with Gasteiger partial charge in [-0.05, 0) is 31.0 Å². The van der Waals surface area contributed by atoms with E-state index in [0.717, 1.165) is 18.6 Å². The summed E-state index contributed by atoms with van der Waals surface area (Å²) in [5.41, 5.74) is 1.05. The summed E-state index contributed by atoms with van der Waals surface area (Å²) < 4.78 is 5.50. The fraction of sp³-hybridized carbons (Fsp3) is 0.538. The number of halogens is 1. The third kappa shape index (κ3) is 3.19. The molecule has 0 amide bonds. The SMILES string of the molecule is CC1OCCC1NC(CO)c1ccc(Cl)cc1. The molecule has 0 aromatic heterocycles. The third-order valence-electron chi connectivity index (χ3n) is 3.25. The van der Waals surface area contributed by atoms with Crippen molar-refractivity contribution in [2.24, 2.45) is 0 Å². The first kappa shape index (κ1) is 12.8. The lowest BCUT2D eigenvalue weighted by Crippen LogP contribution is -2.38. The van der Waals surface area contributed by atoms with Crippen LogP contribution in [0.5, 0.6) is 0 Å². The van der Waals surface area contributed by atoms with E-state index in [0.29, 0.717) is 11.1 Å². The number of hydrogen-bond acceptors (Lipinski definition) is 3. The maximum Gasteiger partial charge on any atom is 0.0700 e. The molecule has 1 aromatic carbocycles.